The number of halogens is 1. The van der Waals surface area contributed by atoms with Crippen LogP contribution < -0.4 is 5.32 Å². The lowest BCUT2D eigenvalue weighted by molar-refractivity contribution is 0.553. The minimum absolute atomic E-state index is 0.251. The van der Waals surface area contributed by atoms with Crippen molar-refractivity contribution in [3.8, 4) is 0 Å². The Labute approximate surface area is 88.2 Å². The lowest BCUT2D eigenvalue weighted by Crippen LogP contribution is -2.20. The Morgan fingerprint density at radius 1 is 1.40 bits per heavy atom. The first kappa shape index (κ1) is 9.04. The smallest absolute Gasteiger partial charge is 0.142 e. The van der Waals surface area contributed by atoms with Gasteiger partial charge in [-0.3, -0.25) is 4.98 Å². The van der Waals surface area contributed by atoms with Crippen molar-refractivity contribution in [1.82, 2.24) is 10.3 Å². The summed E-state index contributed by atoms with van der Waals surface area (Å²) in [6.07, 6.45) is 7.51. The molecule has 2 heterocycles. The molecule has 0 unspecified atom stereocenters. The molecule has 2 nitrogen and oxygen atoms in total. The first-order valence-electron chi connectivity index (χ1n) is 5.38. The highest BCUT2D eigenvalue weighted by molar-refractivity contribution is 5.68. The van der Waals surface area contributed by atoms with Crippen molar-refractivity contribution in [1.29, 1.82) is 0 Å². The van der Waals surface area contributed by atoms with E-state index < -0.39 is 0 Å². The number of hydrogen-bond acceptors (Lipinski definition) is 2. The summed E-state index contributed by atoms with van der Waals surface area (Å²) in [4.78, 5) is 3.89. The molecular weight excluding hydrogens is 191 g/mol. The van der Waals surface area contributed by atoms with E-state index in [1.54, 1.807) is 12.3 Å². The van der Waals surface area contributed by atoms with Gasteiger partial charge in [-0.05, 0) is 42.5 Å². The molecule has 15 heavy (non-hydrogen) atoms. The second-order valence-electron chi connectivity index (χ2n) is 4.32. The summed E-state index contributed by atoms with van der Waals surface area (Å²) in [6.45, 7) is 1.11. The van der Waals surface area contributed by atoms with E-state index in [2.05, 4.69) is 16.4 Å². The van der Waals surface area contributed by atoms with Gasteiger partial charge in [0.25, 0.3) is 0 Å². The van der Waals surface area contributed by atoms with Gasteiger partial charge < -0.3 is 5.32 Å². The van der Waals surface area contributed by atoms with Crippen LogP contribution in [0.3, 0.4) is 0 Å². The standard InChI is InChI=1S/C12H13FN2/c13-11-4-10(6-14-7-11)9-3-8-1-2-15-12(8)5-9/h4-8,12,15H,1-3H2/t8-,12+/m0/s1. The van der Waals surface area contributed by atoms with E-state index in [1.807, 2.05) is 0 Å². The summed E-state index contributed by atoms with van der Waals surface area (Å²) in [5.41, 5.74) is 2.18. The molecule has 2 aliphatic rings. The third-order valence-electron chi connectivity index (χ3n) is 3.34. The monoisotopic (exact) mass is 204 g/mol. The van der Waals surface area contributed by atoms with Crippen LogP contribution in [0.2, 0.25) is 0 Å². The fourth-order valence-corrected chi connectivity index (χ4v) is 2.57. The van der Waals surface area contributed by atoms with Crippen LogP contribution in [-0.2, 0) is 0 Å². The van der Waals surface area contributed by atoms with Gasteiger partial charge in [-0.15, -0.1) is 0 Å². The molecule has 0 amide bonds. The molecule has 1 aromatic rings. The summed E-state index contributed by atoms with van der Waals surface area (Å²) in [6, 6.07) is 2.07. The summed E-state index contributed by atoms with van der Waals surface area (Å²) >= 11 is 0. The van der Waals surface area contributed by atoms with E-state index in [0.29, 0.717) is 12.0 Å². The van der Waals surface area contributed by atoms with Gasteiger partial charge in [-0.2, -0.15) is 0 Å². The normalized spacial score (nSPS) is 29.0. The molecule has 1 saturated heterocycles. The van der Waals surface area contributed by atoms with Crippen LogP contribution >= 0.6 is 0 Å². The van der Waals surface area contributed by atoms with Crippen molar-refractivity contribution < 1.29 is 4.39 Å². The van der Waals surface area contributed by atoms with Crippen molar-refractivity contribution in [2.45, 2.75) is 18.9 Å². The van der Waals surface area contributed by atoms with Crippen LogP contribution in [0.25, 0.3) is 5.57 Å². The maximum absolute atomic E-state index is 13.0. The molecule has 1 aliphatic carbocycles. The van der Waals surface area contributed by atoms with Crippen LogP contribution in [-0.4, -0.2) is 17.6 Å². The fourth-order valence-electron chi connectivity index (χ4n) is 2.57. The maximum Gasteiger partial charge on any atom is 0.142 e. The Kier molecular flexibility index (Phi) is 2.06. The lowest BCUT2D eigenvalue weighted by atomic mass is 10.00. The molecule has 0 bridgehead atoms. The van der Waals surface area contributed by atoms with E-state index in [9.17, 15) is 4.39 Å². The molecule has 0 radical (unpaired) electrons. The Morgan fingerprint density at radius 2 is 2.33 bits per heavy atom. The Morgan fingerprint density at radius 3 is 3.13 bits per heavy atom. The number of nitrogens with one attached hydrogen (secondary N) is 1. The van der Waals surface area contributed by atoms with E-state index >= 15 is 0 Å². The van der Waals surface area contributed by atoms with Gasteiger partial charge in [-0.25, -0.2) is 4.39 Å². The molecule has 0 saturated carbocycles. The first-order valence-corrected chi connectivity index (χ1v) is 5.38. The van der Waals surface area contributed by atoms with Gasteiger partial charge in [-0.1, -0.05) is 6.08 Å². The predicted molar refractivity (Wildman–Crippen MR) is 56.7 cm³/mol. The predicted octanol–water partition coefficient (Wildman–Crippen LogP) is 1.99. The van der Waals surface area contributed by atoms with Crippen LogP contribution in [0.15, 0.2) is 24.5 Å². The number of allylic oxidation sites excluding steroid dienone is 1. The van der Waals surface area contributed by atoms with Crippen LogP contribution in [0.1, 0.15) is 18.4 Å². The highest BCUT2D eigenvalue weighted by atomic mass is 19.1. The van der Waals surface area contributed by atoms with Crippen molar-refractivity contribution in [2.24, 2.45) is 5.92 Å². The summed E-state index contributed by atoms with van der Waals surface area (Å²) in [5, 5.41) is 3.44. The Bertz CT molecular complexity index is 414. The average molecular weight is 204 g/mol. The Balaban J connectivity index is 1.90. The minimum Gasteiger partial charge on any atom is -0.310 e. The molecule has 1 aromatic heterocycles. The second-order valence-corrected chi connectivity index (χ2v) is 4.32. The summed E-state index contributed by atoms with van der Waals surface area (Å²) in [5.74, 6) is 0.460. The van der Waals surface area contributed by atoms with E-state index in [4.69, 9.17) is 0 Å². The van der Waals surface area contributed by atoms with E-state index in [1.165, 1.54) is 18.2 Å². The zero-order chi connectivity index (χ0) is 10.3. The number of hydrogen-bond donors (Lipinski definition) is 1. The summed E-state index contributed by atoms with van der Waals surface area (Å²) < 4.78 is 13.0. The SMILES string of the molecule is Fc1cncc(C2=C[C@H]3NCC[C@H]3C2)c1. The second kappa shape index (κ2) is 3.42. The molecular formula is C12H13FN2. The van der Waals surface area contributed by atoms with E-state index in [0.717, 1.165) is 18.5 Å². The maximum atomic E-state index is 13.0. The molecule has 3 rings (SSSR count). The highest BCUT2D eigenvalue weighted by Crippen LogP contribution is 2.36. The molecule has 2 atom stereocenters. The quantitative estimate of drug-likeness (QED) is 0.756. The number of pyridine rings is 1. The number of nitrogens with zero attached hydrogens (tertiary/aromatic N) is 1. The minimum atomic E-state index is -0.251. The molecule has 1 fully saturated rings. The molecule has 0 spiro atoms. The zero-order valence-corrected chi connectivity index (χ0v) is 8.41. The molecule has 1 N–H and O–H groups in total. The van der Waals surface area contributed by atoms with Gasteiger partial charge in [0, 0.05) is 12.2 Å². The average Bonchev–Trinajstić information content (AvgIpc) is 2.76. The van der Waals surface area contributed by atoms with Gasteiger partial charge >= 0.3 is 0 Å². The molecule has 0 aromatic carbocycles. The van der Waals surface area contributed by atoms with Gasteiger partial charge in [0.05, 0.1) is 6.20 Å². The van der Waals surface area contributed by atoms with Crippen molar-refractivity contribution >= 4 is 5.57 Å². The number of fused-ring (bicyclic) bond motifs is 1. The largest absolute Gasteiger partial charge is 0.310 e. The van der Waals surface area contributed by atoms with E-state index in [-0.39, 0.29) is 5.82 Å². The lowest BCUT2D eigenvalue weighted by Gasteiger charge is -2.06. The van der Waals surface area contributed by atoms with Crippen molar-refractivity contribution in [3.05, 3.63) is 35.9 Å². The van der Waals surface area contributed by atoms with Crippen LogP contribution in [0.4, 0.5) is 4.39 Å². The Hall–Kier alpha value is -1.22. The zero-order valence-electron chi connectivity index (χ0n) is 8.41. The van der Waals surface area contributed by atoms with Gasteiger partial charge in [0.2, 0.25) is 0 Å². The molecule has 78 valence electrons. The topological polar surface area (TPSA) is 24.9 Å². The highest BCUT2D eigenvalue weighted by Gasteiger charge is 2.31. The first-order chi connectivity index (χ1) is 7.33. The fraction of sp³-hybridized carbons (Fsp3) is 0.417. The molecule has 1 aliphatic heterocycles. The van der Waals surface area contributed by atoms with Crippen molar-refractivity contribution in [2.75, 3.05) is 6.54 Å². The van der Waals surface area contributed by atoms with Gasteiger partial charge in [0.15, 0.2) is 0 Å². The summed E-state index contributed by atoms with van der Waals surface area (Å²) in [7, 11) is 0. The molecule has 3 heteroatoms. The number of rotatable bonds is 1. The van der Waals surface area contributed by atoms with Crippen LogP contribution in [0.5, 0.6) is 0 Å². The van der Waals surface area contributed by atoms with Gasteiger partial charge in [0.1, 0.15) is 5.82 Å². The van der Waals surface area contributed by atoms with Crippen molar-refractivity contribution in [3.63, 3.8) is 0 Å². The number of aromatic nitrogens is 1. The van der Waals surface area contributed by atoms with Crippen LogP contribution in [0, 0.1) is 11.7 Å². The third-order valence-corrected chi connectivity index (χ3v) is 3.34. The third kappa shape index (κ3) is 1.57.